The Morgan fingerprint density at radius 2 is 1.78 bits per heavy atom. The minimum absolute atomic E-state index is 0.00964. The lowest BCUT2D eigenvalue weighted by molar-refractivity contribution is 0.158. The number of carbonyl (C=O) groups is 1. The van der Waals surface area contributed by atoms with E-state index in [0.717, 1.165) is 11.1 Å². The van der Waals surface area contributed by atoms with Crippen molar-refractivity contribution in [2.75, 3.05) is 18.5 Å². The fraction of sp³-hybridized carbons (Fsp3) is 0.250. The van der Waals surface area contributed by atoms with Crippen LogP contribution in [0.25, 0.3) is 11.1 Å². The molecule has 0 spiro atoms. The maximum Gasteiger partial charge on any atom is 0.414 e. The van der Waals surface area contributed by atoms with Crippen LogP contribution in [0, 0.1) is 0 Å². The minimum Gasteiger partial charge on any atom is -0.448 e. The highest BCUT2D eigenvalue weighted by atomic mass is 16.5. The molecule has 1 aromatic heterocycles. The molecular weight excluding hydrogens is 344 g/mol. The Bertz CT molecular complexity index is 908. The van der Waals surface area contributed by atoms with E-state index in [0.29, 0.717) is 18.7 Å². The molecule has 138 valence electrons. The molecule has 0 radical (unpaired) electrons. The zero-order valence-corrected chi connectivity index (χ0v) is 14.7. The zero-order chi connectivity index (χ0) is 18.6. The van der Waals surface area contributed by atoms with Crippen molar-refractivity contribution in [1.82, 2.24) is 15.2 Å². The summed E-state index contributed by atoms with van der Waals surface area (Å²) in [4.78, 5) is 16.3. The number of H-pyrrole nitrogens is 1. The minimum atomic E-state index is -0.593. The van der Waals surface area contributed by atoms with E-state index in [9.17, 15) is 4.79 Å². The second kappa shape index (κ2) is 7.59. The number of anilines is 1. The number of nitrogens with one attached hydrogen (secondary N) is 2. The van der Waals surface area contributed by atoms with E-state index in [2.05, 4.69) is 44.8 Å². The van der Waals surface area contributed by atoms with Crippen molar-refractivity contribution in [1.29, 1.82) is 0 Å². The molecule has 4 rings (SSSR count). The fourth-order valence-electron chi connectivity index (χ4n) is 3.44. The number of aromatic nitrogens is 3. The molecule has 7 nitrogen and oxygen atoms in total. The lowest BCUT2D eigenvalue weighted by atomic mass is 9.98. The van der Waals surface area contributed by atoms with Crippen molar-refractivity contribution in [2.24, 2.45) is 0 Å². The predicted molar refractivity (Wildman–Crippen MR) is 100 cm³/mol. The van der Waals surface area contributed by atoms with Gasteiger partial charge in [-0.25, -0.2) is 4.79 Å². The van der Waals surface area contributed by atoms with Crippen LogP contribution in [0.2, 0.25) is 0 Å². The highest BCUT2D eigenvalue weighted by Crippen LogP contribution is 2.44. The van der Waals surface area contributed by atoms with Crippen molar-refractivity contribution in [2.45, 2.75) is 18.8 Å². The molecule has 0 unspecified atom stereocenters. The van der Waals surface area contributed by atoms with Crippen LogP contribution in [0.1, 0.15) is 29.3 Å². The number of carbonyl (C=O) groups excluding carboxylic acids is 1. The summed E-state index contributed by atoms with van der Waals surface area (Å²) in [5.74, 6) is 0.786. The van der Waals surface area contributed by atoms with Crippen LogP contribution in [0.4, 0.5) is 10.7 Å². The molecule has 1 aliphatic carbocycles. The number of hydrogen-bond donors (Lipinski definition) is 3. The molecule has 1 heterocycles. The third kappa shape index (κ3) is 3.54. The lowest BCUT2D eigenvalue weighted by Gasteiger charge is -2.13. The Labute approximate surface area is 156 Å². The Balaban J connectivity index is 1.41. The van der Waals surface area contributed by atoms with Gasteiger partial charge in [0.25, 0.3) is 5.95 Å². The third-order valence-corrected chi connectivity index (χ3v) is 4.66. The smallest absolute Gasteiger partial charge is 0.414 e. The van der Waals surface area contributed by atoms with Crippen molar-refractivity contribution in [3.8, 4) is 11.1 Å². The highest BCUT2D eigenvalue weighted by molar-refractivity contribution is 5.83. The highest BCUT2D eigenvalue weighted by Gasteiger charge is 2.29. The van der Waals surface area contributed by atoms with Crippen LogP contribution in [0.5, 0.6) is 0 Å². The van der Waals surface area contributed by atoms with Crippen LogP contribution in [-0.2, 0) is 11.2 Å². The van der Waals surface area contributed by atoms with Gasteiger partial charge < -0.3 is 9.84 Å². The Hall–Kier alpha value is -3.19. The van der Waals surface area contributed by atoms with E-state index in [1.807, 2.05) is 24.3 Å². The number of amides is 1. The average Bonchev–Trinajstić information content (AvgIpc) is 3.27. The molecule has 1 amide bonds. The largest absolute Gasteiger partial charge is 0.448 e. The normalized spacial score (nSPS) is 12.5. The number of nitrogens with zero attached hydrogens (tertiary/aromatic N) is 2. The Morgan fingerprint density at radius 1 is 1.11 bits per heavy atom. The molecule has 3 N–H and O–H groups in total. The number of aryl methyl sites for hydroxylation is 1. The van der Waals surface area contributed by atoms with Gasteiger partial charge in [-0.2, -0.15) is 4.98 Å². The molecule has 0 atom stereocenters. The number of benzene rings is 2. The number of aliphatic hydroxyl groups excluding tert-OH is 1. The van der Waals surface area contributed by atoms with Crippen LogP contribution in [0.15, 0.2) is 48.5 Å². The quantitative estimate of drug-likeness (QED) is 0.624. The molecule has 0 fully saturated rings. The maximum absolute atomic E-state index is 12.1. The monoisotopic (exact) mass is 364 g/mol. The summed E-state index contributed by atoms with van der Waals surface area (Å²) in [6.45, 7) is 0.317. The van der Waals surface area contributed by atoms with Gasteiger partial charge in [0.1, 0.15) is 12.4 Å². The summed E-state index contributed by atoms with van der Waals surface area (Å²) in [6, 6.07) is 16.4. The number of ether oxygens (including phenoxy) is 1. The van der Waals surface area contributed by atoms with Gasteiger partial charge in [0.2, 0.25) is 0 Å². The number of aromatic amines is 1. The molecule has 0 aliphatic heterocycles. The van der Waals surface area contributed by atoms with Crippen molar-refractivity contribution >= 4 is 12.0 Å². The first-order chi connectivity index (χ1) is 13.3. The average molecular weight is 364 g/mol. The zero-order valence-electron chi connectivity index (χ0n) is 14.7. The van der Waals surface area contributed by atoms with E-state index in [1.165, 1.54) is 11.1 Å². The van der Waals surface area contributed by atoms with E-state index in [1.54, 1.807) is 0 Å². The Kier molecular flexibility index (Phi) is 4.84. The second-order valence-corrected chi connectivity index (χ2v) is 6.38. The van der Waals surface area contributed by atoms with Gasteiger partial charge in [-0.1, -0.05) is 48.5 Å². The van der Waals surface area contributed by atoms with Crippen molar-refractivity contribution < 1.29 is 14.6 Å². The standard InChI is InChI=1S/C20H20N4O3/c25-11-5-10-18-21-19(24-23-18)22-20(26)27-12-17-15-8-3-1-6-13(15)14-7-2-4-9-16(14)17/h1-4,6-9,17,25H,5,10-12H2,(H2,21,22,23,24,26). The van der Waals surface area contributed by atoms with Gasteiger partial charge in [0.05, 0.1) is 0 Å². The van der Waals surface area contributed by atoms with Crippen molar-refractivity contribution in [3.63, 3.8) is 0 Å². The summed E-state index contributed by atoms with van der Waals surface area (Å²) in [5, 5.41) is 18.0. The molecule has 0 saturated heterocycles. The summed E-state index contributed by atoms with van der Waals surface area (Å²) in [6.07, 6.45) is 0.555. The third-order valence-electron chi connectivity index (χ3n) is 4.66. The number of fused-ring (bicyclic) bond motifs is 3. The van der Waals surface area contributed by atoms with E-state index >= 15 is 0 Å². The molecule has 3 aromatic rings. The predicted octanol–water partition coefficient (Wildman–Crippen LogP) is 3.09. The van der Waals surface area contributed by atoms with E-state index in [-0.39, 0.29) is 25.1 Å². The first-order valence-corrected chi connectivity index (χ1v) is 8.90. The first kappa shape index (κ1) is 17.2. The number of aliphatic hydroxyl groups is 1. The van der Waals surface area contributed by atoms with Crippen molar-refractivity contribution in [3.05, 3.63) is 65.5 Å². The van der Waals surface area contributed by atoms with Gasteiger partial charge >= 0.3 is 6.09 Å². The van der Waals surface area contributed by atoms with Gasteiger partial charge in [-0.3, -0.25) is 10.4 Å². The van der Waals surface area contributed by atoms with Gasteiger partial charge in [-0.15, -0.1) is 5.10 Å². The SMILES string of the molecule is O=C(Nc1n[nH]c(CCCO)n1)OCC1c2ccccc2-c2ccccc21. The molecule has 0 bridgehead atoms. The van der Waals surface area contributed by atoms with E-state index < -0.39 is 6.09 Å². The van der Waals surface area contributed by atoms with Crippen LogP contribution < -0.4 is 5.32 Å². The molecule has 1 aliphatic rings. The molecule has 7 heteroatoms. The summed E-state index contributed by atoms with van der Waals surface area (Å²) < 4.78 is 5.45. The summed E-state index contributed by atoms with van der Waals surface area (Å²) in [7, 11) is 0. The topological polar surface area (TPSA) is 100 Å². The molecule has 0 saturated carbocycles. The lowest BCUT2D eigenvalue weighted by Crippen LogP contribution is -2.18. The van der Waals surface area contributed by atoms with Crippen LogP contribution in [-0.4, -0.2) is 39.6 Å². The first-order valence-electron chi connectivity index (χ1n) is 8.90. The van der Waals surface area contributed by atoms with Gasteiger partial charge in [0, 0.05) is 18.9 Å². The second-order valence-electron chi connectivity index (χ2n) is 6.38. The summed E-state index contributed by atoms with van der Waals surface area (Å²) >= 11 is 0. The fourth-order valence-corrected chi connectivity index (χ4v) is 3.44. The summed E-state index contributed by atoms with van der Waals surface area (Å²) in [5.41, 5.74) is 4.69. The molecular formula is C20H20N4O3. The number of rotatable bonds is 6. The van der Waals surface area contributed by atoms with E-state index in [4.69, 9.17) is 9.84 Å². The van der Waals surface area contributed by atoms with Crippen LogP contribution >= 0.6 is 0 Å². The Morgan fingerprint density at radius 3 is 2.44 bits per heavy atom. The number of hydrogen-bond acceptors (Lipinski definition) is 5. The maximum atomic E-state index is 12.1. The van der Waals surface area contributed by atoms with Gasteiger partial charge in [0.15, 0.2) is 0 Å². The molecule has 2 aromatic carbocycles. The van der Waals surface area contributed by atoms with Gasteiger partial charge in [-0.05, 0) is 28.7 Å². The van der Waals surface area contributed by atoms with Crippen LogP contribution in [0.3, 0.4) is 0 Å². The molecule has 27 heavy (non-hydrogen) atoms.